The van der Waals surface area contributed by atoms with Crippen molar-refractivity contribution in [3.8, 4) is 0 Å². The zero-order chi connectivity index (χ0) is 15.5. The minimum atomic E-state index is -4.32. The minimum Gasteiger partial charge on any atom is -0.381 e. The van der Waals surface area contributed by atoms with Crippen molar-refractivity contribution in [1.82, 2.24) is 0 Å². The van der Waals surface area contributed by atoms with Crippen LogP contribution >= 0.6 is 0 Å². The number of carbonyl (C=O) groups excluding carboxylic acids is 1. The van der Waals surface area contributed by atoms with Crippen LogP contribution in [0, 0.1) is 0 Å². The van der Waals surface area contributed by atoms with E-state index in [0.717, 1.165) is 0 Å². The average Bonchev–Trinajstić information content (AvgIpc) is 2.45. The summed E-state index contributed by atoms with van der Waals surface area (Å²) in [4.78, 5) is 12.5. The Hall–Kier alpha value is -1.76. The van der Waals surface area contributed by atoms with Crippen LogP contribution in [-0.2, 0) is 4.74 Å². The highest BCUT2D eigenvalue weighted by atomic mass is 19.4. The molecule has 1 heterocycles. The van der Waals surface area contributed by atoms with Crippen LogP contribution in [0.25, 0.3) is 0 Å². The number of alkyl halides is 3. The van der Waals surface area contributed by atoms with Gasteiger partial charge >= 0.3 is 6.18 Å². The van der Waals surface area contributed by atoms with Gasteiger partial charge in [-0.1, -0.05) is 6.07 Å². The summed E-state index contributed by atoms with van der Waals surface area (Å²) in [5.41, 5.74) is 5.75. The van der Waals surface area contributed by atoms with Crippen LogP contribution in [0.1, 0.15) is 23.2 Å². The van der Waals surface area contributed by atoms with Crippen LogP contribution in [0.3, 0.4) is 0 Å². The molecule has 21 heavy (non-hydrogen) atoms. The zero-order valence-electron chi connectivity index (χ0n) is 11.4. The maximum absolute atomic E-state index is 12.8. The van der Waals surface area contributed by atoms with Crippen molar-refractivity contribution in [1.29, 1.82) is 0 Å². The molecule has 0 unspecified atom stereocenters. The summed E-state index contributed by atoms with van der Waals surface area (Å²) in [6.45, 7) is -0.178. The number of carbonyl (C=O) groups is 1. The molecule has 1 fully saturated rings. The van der Waals surface area contributed by atoms with Crippen molar-refractivity contribution < 1.29 is 22.7 Å². The summed E-state index contributed by atoms with van der Waals surface area (Å²) in [6, 6.07) is 5.74. The number of ether oxygens (including phenoxy) is 1. The molecule has 0 aliphatic carbocycles. The fourth-order valence-electron chi connectivity index (χ4n) is 2.46. The van der Waals surface area contributed by atoms with Gasteiger partial charge in [0.25, 0.3) is 0 Å². The molecule has 4 nitrogen and oxygen atoms in total. The molecule has 0 spiro atoms. The van der Waals surface area contributed by atoms with Crippen molar-refractivity contribution in [2.75, 3.05) is 24.7 Å². The molecule has 2 N–H and O–H groups in total. The Labute approximate surface area is 120 Å². The van der Waals surface area contributed by atoms with E-state index in [1.165, 1.54) is 23.1 Å². The molecule has 0 atom stereocenters. The number of nitrogens with zero attached hydrogens (tertiary/aromatic N) is 1. The first-order valence-corrected chi connectivity index (χ1v) is 6.68. The quantitative estimate of drug-likeness (QED) is 0.928. The van der Waals surface area contributed by atoms with Crippen molar-refractivity contribution >= 4 is 11.6 Å². The number of primary amides is 1. The third-order valence-electron chi connectivity index (χ3n) is 3.44. The van der Waals surface area contributed by atoms with Gasteiger partial charge in [-0.15, -0.1) is 0 Å². The number of halogens is 3. The molecule has 0 aromatic heterocycles. The van der Waals surface area contributed by atoms with Crippen LogP contribution in [0.15, 0.2) is 24.3 Å². The maximum atomic E-state index is 12.8. The monoisotopic (exact) mass is 302 g/mol. The van der Waals surface area contributed by atoms with Crippen molar-refractivity contribution in [2.45, 2.75) is 25.1 Å². The molecular weight excluding hydrogens is 285 g/mol. The third kappa shape index (κ3) is 4.35. The van der Waals surface area contributed by atoms with Gasteiger partial charge in [-0.05, 0) is 31.0 Å². The van der Waals surface area contributed by atoms with Gasteiger partial charge in [0.1, 0.15) is 6.54 Å². The van der Waals surface area contributed by atoms with Gasteiger partial charge in [0, 0.05) is 30.5 Å². The van der Waals surface area contributed by atoms with E-state index in [0.29, 0.717) is 31.7 Å². The molecule has 7 heteroatoms. The largest absolute Gasteiger partial charge is 0.405 e. The Morgan fingerprint density at radius 3 is 2.57 bits per heavy atom. The lowest BCUT2D eigenvalue weighted by molar-refractivity contribution is -0.121. The lowest BCUT2D eigenvalue weighted by Crippen LogP contribution is -2.44. The predicted octanol–water partition coefficient (Wildman–Crippen LogP) is 2.33. The average molecular weight is 302 g/mol. The fourth-order valence-corrected chi connectivity index (χ4v) is 2.46. The van der Waals surface area contributed by atoms with Crippen LogP contribution in [-0.4, -0.2) is 37.9 Å². The van der Waals surface area contributed by atoms with E-state index in [9.17, 15) is 18.0 Å². The highest BCUT2D eigenvalue weighted by Gasteiger charge is 2.34. The molecule has 1 aromatic rings. The summed E-state index contributed by atoms with van der Waals surface area (Å²) >= 11 is 0. The number of nitrogens with two attached hydrogens (primary N) is 1. The van der Waals surface area contributed by atoms with E-state index in [1.807, 2.05) is 0 Å². The molecule has 0 saturated carbocycles. The normalized spacial score (nSPS) is 16.7. The first kappa shape index (κ1) is 15.6. The summed E-state index contributed by atoms with van der Waals surface area (Å²) in [5.74, 6) is -0.657. The SMILES string of the molecule is NC(=O)c1cccc(N(CC(F)(F)F)C2CCOCC2)c1. The number of anilines is 1. The summed E-state index contributed by atoms with van der Waals surface area (Å²) in [7, 11) is 0. The minimum absolute atomic E-state index is 0.201. The molecule has 116 valence electrons. The molecule has 1 aliphatic heterocycles. The van der Waals surface area contributed by atoms with Gasteiger partial charge in [-0.25, -0.2) is 0 Å². The number of benzene rings is 1. The Kier molecular flexibility index (Phi) is 4.72. The lowest BCUT2D eigenvalue weighted by atomic mass is 10.0. The standard InChI is InChI=1S/C14H17F3N2O2/c15-14(16,17)9-19(11-4-6-21-7-5-11)12-3-1-2-10(8-12)13(18)20/h1-3,8,11H,4-7,9H2,(H2,18,20). The Morgan fingerprint density at radius 1 is 1.33 bits per heavy atom. The highest BCUT2D eigenvalue weighted by molar-refractivity contribution is 5.93. The van der Waals surface area contributed by atoms with E-state index in [1.54, 1.807) is 6.07 Å². The number of hydrogen-bond donors (Lipinski definition) is 1. The van der Waals surface area contributed by atoms with Crippen LogP contribution in [0.2, 0.25) is 0 Å². The number of hydrogen-bond acceptors (Lipinski definition) is 3. The highest BCUT2D eigenvalue weighted by Crippen LogP contribution is 2.28. The Bertz CT molecular complexity index is 499. The molecule has 1 saturated heterocycles. The smallest absolute Gasteiger partial charge is 0.381 e. The molecular formula is C14H17F3N2O2. The van der Waals surface area contributed by atoms with Crippen molar-refractivity contribution in [3.05, 3.63) is 29.8 Å². The second-order valence-electron chi connectivity index (χ2n) is 5.00. The van der Waals surface area contributed by atoms with Crippen LogP contribution < -0.4 is 10.6 Å². The number of amides is 1. The first-order chi connectivity index (χ1) is 9.87. The predicted molar refractivity (Wildman–Crippen MR) is 72.2 cm³/mol. The van der Waals surface area contributed by atoms with E-state index in [-0.39, 0.29) is 11.6 Å². The Morgan fingerprint density at radius 2 is 2.00 bits per heavy atom. The third-order valence-corrected chi connectivity index (χ3v) is 3.44. The van der Waals surface area contributed by atoms with Gasteiger partial charge in [0.05, 0.1) is 0 Å². The molecule has 2 rings (SSSR count). The lowest BCUT2D eigenvalue weighted by Gasteiger charge is -2.36. The zero-order valence-corrected chi connectivity index (χ0v) is 11.4. The summed E-state index contributed by atoms with van der Waals surface area (Å²) in [5, 5.41) is 0. The fraction of sp³-hybridized carbons (Fsp3) is 0.500. The number of rotatable bonds is 4. The molecule has 1 amide bonds. The second-order valence-corrected chi connectivity index (χ2v) is 5.00. The Balaban J connectivity index is 2.29. The van der Waals surface area contributed by atoms with E-state index >= 15 is 0 Å². The van der Waals surface area contributed by atoms with Gasteiger partial charge < -0.3 is 15.4 Å². The van der Waals surface area contributed by atoms with E-state index < -0.39 is 18.6 Å². The summed E-state index contributed by atoms with van der Waals surface area (Å²) < 4.78 is 43.7. The van der Waals surface area contributed by atoms with Gasteiger partial charge in [0.15, 0.2) is 0 Å². The van der Waals surface area contributed by atoms with Crippen molar-refractivity contribution in [2.24, 2.45) is 5.73 Å². The van der Waals surface area contributed by atoms with Crippen LogP contribution in [0.5, 0.6) is 0 Å². The summed E-state index contributed by atoms with van der Waals surface area (Å²) in [6.07, 6.45) is -3.27. The molecule has 1 aliphatic rings. The molecule has 0 bridgehead atoms. The molecule has 1 aromatic carbocycles. The molecule has 0 radical (unpaired) electrons. The van der Waals surface area contributed by atoms with Gasteiger partial charge in [-0.3, -0.25) is 4.79 Å². The van der Waals surface area contributed by atoms with Crippen LogP contribution in [0.4, 0.5) is 18.9 Å². The van der Waals surface area contributed by atoms with E-state index in [2.05, 4.69) is 0 Å². The van der Waals surface area contributed by atoms with Gasteiger partial charge in [-0.2, -0.15) is 13.2 Å². The first-order valence-electron chi connectivity index (χ1n) is 6.68. The van der Waals surface area contributed by atoms with Crippen molar-refractivity contribution in [3.63, 3.8) is 0 Å². The maximum Gasteiger partial charge on any atom is 0.405 e. The second kappa shape index (κ2) is 6.34. The topological polar surface area (TPSA) is 55.6 Å². The van der Waals surface area contributed by atoms with Gasteiger partial charge in [0.2, 0.25) is 5.91 Å². The van der Waals surface area contributed by atoms with E-state index in [4.69, 9.17) is 10.5 Å².